The monoisotopic (exact) mass is 380 g/mol. The Bertz CT molecular complexity index is 585. The third-order valence-corrected chi connectivity index (χ3v) is 6.30. The number of carboxylic acid groups (broad SMARTS) is 1. The van der Waals surface area contributed by atoms with Gasteiger partial charge in [0, 0.05) is 12.2 Å². The normalized spacial score (nSPS) is 14.0. The first-order chi connectivity index (χ1) is 12.2. The van der Waals surface area contributed by atoms with Gasteiger partial charge in [-0.05, 0) is 48.5 Å². The second-order valence-electron chi connectivity index (χ2n) is 7.84. The van der Waals surface area contributed by atoms with E-state index in [1.54, 1.807) is 18.7 Å². The highest BCUT2D eigenvalue weighted by Gasteiger charge is 2.35. The average Bonchev–Trinajstić information content (AvgIpc) is 2.59. The molecule has 2 N–H and O–H groups in total. The summed E-state index contributed by atoms with van der Waals surface area (Å²) in [4.78, 5) is 22.6. The number of aryl methyl sites for hydroxylation is 1. The van der Waals surface area contributed by atoms with Crippen LogP contribution in [-0.2, 0) is 21.4 Å². The quantitative estimate of drug-likeness (QED) is 0.398. The van der Waals surface area contributed by atoms with Crippen molar-refractivity contribution in [3.8, 4) is 0 Å². The zero-order valence-electron chi connectivity index (χ0n) is 16.2. The molecule has 0 saturated heterocycles. The highest BCUT2D eigenvalue weighted by molar-refractivity contribution is 7.99. The van der Waals surface area contributed by atoms with Gasteiger partial charge in [0.25, 0.3) is 0 Å². The first-order valence-electron chi connectivity index (χ1n) is 9.20. The van der Waals surface area contributed by atoms with Crippen molar-refractivity contribution in [1.29, 1.82) is 0 Å². The van der Waals surface area contributed by atoms with E-state index >= 15 is 0 Å². The van der Waals surface area contributed by atoms with Gasteiger partial charge in [0.1, 0.15) is 6.29 Å². The number of carbonyl (C=O) groups is 2. The summed E-state index contributed by atoms with van der Waals surface area (Å²) in [6.45, 7) is 6.37. The molecule has 0 aliphatic carbocycles. The number of thioether (sulfide) groups is 1. The minimum atomic E-state index is -0.925. The summed E-state index contributed by atoms with van der Waals surface area (Å²) >= 11 is 1.74. The molecule has 0 bridgehead atoms. The number of carboxylic acids is 1. The average molecular weight is 381 g/mol. The fourth-order valence-corrected chi connectivity index (χ4v) is 4.05. The molecule has 0 radical (unpaired) electrons. The number of hydrogen-bond acceptors (Lipinski definition) is 4. The zero-order chi connectivity index (χ0) is 19.6. The molecule has 0 saturated carbocycles. The lowest BCUT2D eigenvalue weighted by Gasteiger charge is -2.29. The van der Waals surface area contributed by atoms with Crippen molar-refractivity contribution in [2.24, 2.45) is 5.41 Å². The summed E-state index contributed by atoms with van der Waals surface area (Å²) in [6, 6.07) is 7.63. The predicted octanol–water partition coefficient (Wildman–Crippen LogP) is 4.08. The molecule has 0 aromatic heterocycles. The molecular formula is C21H32O4S. The summed E-state index contributed by atoms with van der Waals surface area (Å²) in [6.07, 6.45) is 4.33. The van der Waals surface area contributed by atoms with Crippen LogP contribution < -0.4 is 0 Å². The Morgan fingerprint density at radius 2 is 1.96 bits per heavy atom. The molecule has 0 unspecified atom stereocenters. The van der Waals surface area contributed by atoms with Gasteiger partial charge in [-0.2, -0.15) is 11.8 Å². The SMILES string of the molecule is CC(C)(CCC[C@@](C)(C(=O)O)c1cccc(CCC=O)c1)CSCCO. The lowest BCUT2D eigenvalue weighted by Crippen LogP contribution is -2.33. The molecule has 0 heterocycles. The highest BCUT2D eigenvalue weighted by Crippen LogP contribution is 2.34. The van der Waals surface area contributed by atoms with E-state index in [1.807, 2.05) is 24.3 Å². The predicted molar refractivity (Wildman–Crippen MR) is 108 cm³/mol. The van der Waals surface area contributed by atoms with Crippen molar-refractivity contribution in [3.63, 3.8) is 0 Å². The lowest BCUT2D eigenvalue weighted by molar-refractivity contribution is -0.143. The van der Waals surface area contributed by atoms with Crippen LogP contribution in [0.15, 0.2) is 24.3 Å². The first-order valence-corrected chi connectivity index (χ1v) is 10.4. The third kappa shape index (κ3) is 7.12. The molecule has 0 amide bonds. The van der Waals surface area contributed by atoms with E-state index in [4.69, 9.17) is 5.11 Å². The third-order valence-electron chi connectivity index (χ3n) is 4.85. The molecule has 1 aromatic carbocycles. The van der Waals surface area contributed by atoms with Crippen LogP contribution in [0.2, 0.25) is 0 Å². The molecule has 0 spiro atoms. The molecule has 1 rings (SSSR count). The van der Waals surface area contributed by atoms with Gasteiger partial charge in [0.2, 0.25) is 0 Å². The van der Waals surface area contributed by atoms with Crippen LogP contribution in [0, 0.1) is 5.41 Å². The van der Waals surface area contributed by atoms with Gasteiger partial charge in [-0.3, -0.25) is 4.79 Å². The van der Waals surface area contributed by atoms with Crippen LogP contribution in [-0.4, -0.2) is 40.6 Å². The number of aliphatic carboxylic acids is 1. The maximum atomic E-state index is 12.0. The standard InChI is InChI=1S/C21H32O4S/c1-20(2,16-26-14-13-23)10-6-11-21(3,19(24)25)18-9-4-7-17(15-18)8-5-12-22/h4,7,9,12,15,23H,5-6,8,10-11,13-14,16H2,1-3H3,(H,24,25)/t21-/m1/s1. The van der Waals surface area contributed by atoms with E-state index in [0.29, 0.717) is 19.3 Å². The van der Waals surface area contributed by atoms with Crippen LogP contribution in [0.5, 0.6) is 0 Å². The number of aliphatic hydroxyl groups is 1. The Morgan fingerprint density at radius 1 is 1.23 bits per heavy atom. The van der Waals surface area contributed by atoms with Crippen LogP contribution in [0.4, 0.5) is 0 Å². The second-order valence-corrected chi connectivity index (χ2v) is 8.94. The number of carbonyl (C=O) groups excluding carboxylic acids is 1. The van der Waals surface area contributed by atoms with Crippen LogP contribution in [0.1, 0.15) is 57.6 Å². The van der Waals surface area contributed by atoms with Gasteiger partial charge in [0.15, 0.2) is 0 Å². The Labute approximate surface area is 161 Å². The van der Waals surface area contributed by atoms with Crippen LogP contribution >= 0.6 is 11.8 Å². The number of rotatable bonds is 13. The highest BCUT2D eigenvalue weighted by atomic mass is 32.2. The van der Waals surface area contributed by atoms with Crippen LogP contribution in [0.25, 0.3) is 0 Å². The maximum Gasteiger partial charge on any atom is 0.313 e. The smallest absolute Gasteiger partial charge is 0.313 e. The molecule has 26 heavy (non-hydrogen) atoms. The van der Waals surface area contributed by atoms with Gasteiger partial charge >= 0.3 is 5.97 Å². The van der Waals surface area contributed by atoms with Gasteiger partial charge in [-0.15, -0.1) is 0 Å². The molecule has 1 aromatic rings. The van der Waals surface area contributed by atoms with Gasteiger partial charge < -0.3 is 15.0 Å². The van der Waals surface area contributed by atoms with E-state index in [0.717, 1.165) is 41.8 Å². The van der Waals surface area contributed by atoms with Crippen LogP contribution in [0.3, 0.4) is 0 Å². The van der Waals surface area contributed by atoms with E-state index in [-0.39, 0.29) is 12.0 Å². The molecule has 0 fully saturated rings. The largest absolute Gasteiger partial charge is 0.481 e. The number of benzene rings is 1. The van der Waals surface area contributed by atoms with Crippen molar-refractivity contribution in [2.75, 3.05) is 18.1 Å². The molecular weight excluding hydrogens is 348 g/mol. The molecule has 5 heteroatoms. The molecule has 1 atom stereocenters. The van der Waals surface area contributed by atoms with Gasteiger partial charge in [0.05, 0.1) is 12.0 Å². The summed E-state index contributed by atoms with van der Waals surface area (Å²) in [5.74, 6) is 0.889. The fraction of sp³-hybridized carbons (Fsp3) is 0.619. The lowest BCUT2D eigenvalue weighted by atomic mass is 9.76. The summed E-state index contributed by atoms with van der Waals surface area (Å²) in [5, 5.41) is 18.8. The van der Waals surface area contributed by atoms with Crippen molar-refractivity contribution >= 4 is 24.0 Å². The molecule has 146 valence electrons. The Balaban J connectivity index is 2.78. The van der Waals surface area contributed by atoms with Crippen molar-refractivity contribution < 1.29 is 19.8 Å². The summed E-state index contributed by atoms with van der Waals surface area (Å²) in [5.41, 5.74) is 1.000. The maximum absolute atomic E-state index is 12.0. The van der Waals surface area contributed by atoms with Crippen molar-refractivity contribution in [3.05, 3.63) is 35.4 Å². The van der Waals surface area contributed by atoms with Gasteiger partial charge in [-0.1, -0.05) is 44.5 Å². The molecule has 4 nitrogen and oxygen atoms in total. The van der Waals surface area contributed by atoms with E-state index in [2.05, 4.69) is 13.8 Å². The van der Waals surface area contributed by atoms with E-state index in [9.17, 15) is 14.7 Å². The minimum absolute atomic E-state index is 0.116. The van der Waals surface area contributed by atoms with Gasteiger partial charge in [-0.25, -0.2) is 0 Å². The first kappa shape index (κ1) is 22.7. The number of aldehydes is 1. The summed E-state index contributed by atoms with van der Waals surface area (Å²) < 4.78 is 0. The Hall–Kier alpha value is -1.33. The molecule has 0 aliphatic heterocycles. The van der Waals surface area contributed by atoms with E-state index < -0.39 is 11.4 Å². The zero-order valence-corrected chi connectivity index (χ0v) is 17.0. The second kappa shape index (κ2) is 10.7. The van der Waals surface area contributed by atoms with Crippen molar-refractivity contribution in [2.45, 2.75) is 58.3 Å². The topological polar surface area (TPSA) is 74.6 Å². The van der Waals surface area contributed by atoms with E-state index in [1.165, 1.54) is 0 Å². The Kier molecular flexibility index (Phi) is 9.37. The Morgan fingerprint density at radius 3 is 2.58 bits per heavy atom. The summed E-state index contributed by atoms with van der Waals surface area (Å²) in [7, 11) is 0. The number of aliphatic hydroxyl groups excluding tert-OH is 1. The number of hydrogen-bond donors (Lipinski definition) is 2. The minimum Gasteiger partial charge on any atom is -0.481 e. The molecule has 0 aliphatic rings. The van der Waals surface area contributed by atoms with Crippen molar-refractivity contribution in [1.82, 2.24) is 0 Å². The fourth-order valence-electron chi connectivity index (χ4n) is 3.08.